The number of oxazole rings is 1. The van der Waals surface area contributed by atoms with Gasteiger partial charge in [0, 0.05) is 28.3 Å². The van der Waals surface area contributed by atoms with E-state index < -0.39 is 0 Å². The van der Waals surface area contributed by atoms with Crippen LogP contribution in [0, 0.1) is 13.8 Å². The van der Waals surface area contributed by atoms with E-state index in [4.69, 9.17) is 4.42 Å². The second-order valence-corrected chi connectivity index (χ2v) is 6.17. The van der Waals surface area contributed by atoms with E-state index in [1.54, 1.807) is 18.2 Å². The van der Waals surface area contributed by atoms with Crippen LogP contribution in [0.25, 0.3) is 11.1 Å². The Bertz CT molecular complexity index is 1120. The zero-order valence-electron chi connectivity index (χ0n) is 14.9. The summed E-state index contributed by atoms with van der Waals surface area (Å²) in [6.45, 7) is 3.84. The Hall–Kier alpha value is -3.74. The van der Waals surface area contributed by atoms with E-state index in [-0.39, 0.29) is 5.91 Å². The number of benzene rings is 2. The summed E-state index contributed by atoms with van der Waals surface area (Å²) >= 11 is 0. The molecule has 2 aromatic heterocycles. The maximum Gasteiger partial charge on any atom is 0.255 e. The minimum Gasteiger partial charge on any atom is -0.443 e. The number of aromatic nitrogens is 3. The molecule has 0 radical (unpaired) electrons. The largest absolute Gasteiger partial charge is 0.443 e. The van der Waals surface area contributed by atoms with Crippen molar-refractivity contribution in [3.8, 4) is 0 Å². The van der Waals surface area contributed by atoms with Gasteiger partial charge in [-0.2, -0.15) is 0 Å². The van der Waals surface area contributed by atoms with Crippen LogP contribution in [0.2, 0.25) is 0 Å². The van der Waals surface area contributed by atoms with E-state index in [0.717, 1.165) is 17.1 Å². The van der Waals surface area contributed by atoms with Gasteiger partial charge in [0.25, 0.3) is 5.91 Å². The number of hydrogen-bond donors (Lipinski definition) is 2. The second kappa shape index (κ2) is 6.87. The number of rotatable bonds is 4. The normalized spacial score (nSPS) is 10.7. The number of hydrogen-bond acceptors (Lipinski definition) is 6. The fourth-order valence-corrected chi connectivity index (χ4v) is 2.79. The van der Waals surface area contributed by atoms with E-state index >= 15 is 0 Å². The molecule has 134 valence electrons. The first-order valence-corrected chi connectivity index (χ1v) is 8.41. The Kier molecular flexibility index (Phi) is 4.25. The van der Waals surface area contributed by atoms with Gasteiger partial charge in [0.1, 0.15) is 5.52 Å². The molecule has 0 atom stereocenters. The molecule has 27 heavy (non-hydrogen) atoms. The van der Waals surface area contributed by atoms with Gasteiger partial charge in [-0.15, -0.1) is 0 Å². The molecule has 0 aliphatic heterocycles. The third kappa shape index (κ3) is 3.77. The van der Waals surface area contributed by atoms with Gasteiger partial charge in [-0.25, -0.2) is 15.0 Å². The van der Waals surface area contributed by atoms with Gasteiger partial charge in [0.2, 0.25) is 5.95 Å². The molecule has 0 saturated heterocycles. The number of nitrogens with zero attached hydrogens (tertiary/aromatic N) is 3. The summed E-state index contributed by atoms with van der Waals surface area (Å²) in [5, 5.41) is 6.05. The summed E-state index contributed by atoms with van der Waals surface area (Å²) in [5.74, 6) is 0.298. The van der Waals surface area contributed by atoms with Gasteiger partial charge in [-0.3, -0.25) is 4.79 Å². The molecule has 0 aliphatic carbocycles. The maximum absolute atomic E-state index is 12.5. The summed E-state index contributed by atoms with van der Waals surface area (Å²) in [5.41, 5.74) is 5.01. The van der Waals surface area contributed by atoms with Crippen molar-refractivity contribution < 1.29 is 9.21 Å². The van der Waals surface area contributed by atoms with Gasteiger partial charge in [0.05, 0.1) is 0 Å². The van der Waals surface area contributed by atoms with Gasteiger partial charge in [0.15, 0.2) is 12.0 Å². The fraction of sp³-hybridized carbons (Fsp3) is 0.100. The van der Waals surface area contributed by atoms with E-state index in [1.165, 1.54) is 6.39 Å². The standard InChI is InChI=1S/C20H17N5O2/c1-12-8-13(2)23-20(22-12)25-16-5-3-4-15(10-16)24-19(26)14-6-7-18-17(9-14)21-11-27-18/h3-11H,1-2H3,(H,24,26)(H,22,23,25). The number of nitrogens with one attached hydrogen (secondary N) is 2. The van der Waals surface area contributed by atoms with Crippen LogP contribution < -0.4 is 10.6 Å². The van der Waals surface area contributed by atoms with Crippen LogP contribution in [0.15, 0.2) is 59.3 Å². The molecule has 0 spiro atoms. The van der Waals surface area contributed by atoms with Crippen LogP contribution >= 0.6 is 0 Å². The highest BCUT2D eigenvalue weighted by atomic mass is 16.3. The number of amides is 1. The second-order valence-electron chi connectivity index (χ2n) is 6.17. The lowest BCUT2D eigenvalue weighted by Gasteiger charge is -2.09. The van der Waals surface area contributed by atoms with E-state index in [2.05, 4.69) is 25.6 Å². The molecule has 7 nitrogen and oxygen atoms in total. The Morgan fingerprint density at radius 1 is 0.963 bits per heavy atom. The summed E-state index contributed by atoms with van der Waals surface area (Å²) in [7, 11) is 0. The zero-order valence-corrected chi connectivity index (χ0v) is 14.9. The summed E-state index contributed by atoms with van der Waals surface area (Å²) in [6, 6.07) is 14.4. The molecule has 0 bridgehead atoms. The Morgan fingerprint density at radius 3 is 2.56 bits per heavy atom. The van der Waals surface area contributed by atoms with Crippen molar-refractivity contribution in [1.82, 2.24) is 15.0 Å². The Labute approximate surface area is 155 Å². The van der Waals surface area contributed by atoms with Crippen molar-refractivity contribution >= 4 is 34.3 Å². The SMILES string of the molecule is Cc1cc(C)nc(Nc2cccc(NC(=O)c3ccc4ocnc4c3)c2)n1. The van der Waals surface area contributed by atoms with Gasteiger partial charge >= 0.3 is 0 Å². The molecule has 2 aromatic carbocycles. The number of aryl methyl sites for hydroxylation is 2. The third-order valence-electron chi connectivity index (χ3n) is 3.95. The lowest BCUT2D eigenvalue weighted by molar-refractivity contribution is 0.102. The van der Waals surface area contributed by atoms with Crippen LogP contribution in [0.3, 0.4) is 0 Å². The Morgan fingerprint density at radius 2 is 1.74 bits per heavy atom. The number of carbonyl (C=O) groups excluding carboxylic acids is 1. The van der Waals surface area contributed by atoms with E-state index in [1.807, 2.05) is 44.2 Å². The van der Waals surface area contributed by atoms with Crippen molar-refractivity contribution in [2.75, 3.05) is 10.6 Å². The molecule has 4 aromatic rings. The number of anilines is 3. The van der Waals surface area contributed by atoms with Crippen LogP contribution in [0.4, 0.5) is 17.3 Å². The van der Waals surface area contributed by atoms with Crippen LogP contribution in [0.5, 0.6) is 0 Å². The average molecular weight is 359 g/mol. The Balaban J connectivity index is 1.52. The van der Waals surface area contributed by atoms with Crippen molar-refractivity contribution in [1.29, 1.82) is 0 Å². The summed E-state index contributed by atoms with van der Waals surface area (Å²) in [4.78, 5) is 25.3. The predicted octanol–water partition coefficient (Wildman–Crippen LogP) is 4.23. The topological polar surface area (TPSA) is 92.9 Å². The number of carbonyl (C=O) groups is 1. The first-order valence-electron chi connectivity index (χ1n) is 8.41. The quantitative estimate of drug-likeness (QED) is 0.566. The van der Waals surface area contributed by atoms with E-state index in [0.29, 0.717) is 28.3 Å². The third-order valence-corrected chi connectivity index (χ3v) is 3.95. The van der Waals surface area contributed by atoms with Crippen LogP contribution in [0.1, 0.15) is 21.7 Å². The summed E-state index contributed by atoms with van der Waals surface area (Å²) in [6.07, 6.45) is 1.36. The van der Waals surface area contributed by atoms with Crippen LogP contribution in [-0.2, 0) is 0 Å². The lowest BCUT2D eigenvalue weighted by atomic mass is 10.2. The van der Waals surface area contributed by atoms with Crippen molar-refractivity contribution in [3.05, 3.63) is 71.9 Å². The van der Waals surface area contributed by atoms with Gasteiger partial charge in [-0.1, -0.05) is 6.07 Å². The lowest BCUT2D eigenvalue weighted by Crippen LogP contribution is -2.12. The average Bonchev–Trinajstić information content (AvgIpc) is 3.08. The molecular formula is C20H17N5O2. The van der Waals surface area contributed by atoms with Crippen molar-refractivity contribution in [2.45, 2.75) is 13.8 Å². The highest BCUT2D eigenvalue weighted by Crippen LogP contribution is 2.20. The minimum atomic E-state index is -0.222. The van der Waals surface area contributed by atoms with Crippen molar-refractivity contribution in [2.24, 2.45) is 0 Å². The first-order chi connectivity index (χ1) is 13.1. The molecule has 0 saturated carbocycles. The highest BCUT2D eigenvalue weighted by Gasteiger charge is 2.09. The monoisotopic (exact) mass is 359 g/mol. The maximum atomic E-state index is 12.5. The first kappa shape index (κ1) is 16.7. The molecule has 7 heteroatoms. The fourth-order valence-electron chi connectivity index (χ4n) is 2.79. The number of fused-ring (bicyclic) bond motifs is 1. The van der Waals surface area contributed by atoms with Crippen LogP contribution in [-0.4, -0.2) is 20.9 Å². The smallest absolute Gasteiger partial charge is 0.255 e. The minimum absolute atomic E-state index is 0.222. The predicted molar refractivity (Wildman–Crippen MR) is 103 cm³/mol. The van der Waals surface area contributed by atoms with E-state index in [9.17, 15) is 4.79 Å². The molecule has 4 rings (SSSR count). The zero-order chi connectivity index (χ0) is 18.8. The summed E-state index contributed by atoms with van der Waals surface area (Å²) < 4.78 is 5.20. The molecule has 0 fully saturated rings. The molecule has 0 aliphatic rings. The van der Waals surface area contributed by atoms with Gasteiger partial charge < -0.3 is 15.1 Å². The molecule has 2 heterocycles. The molecule has 0 unspecified atom stereocenters. The highest BCUT2D eigenvalue weighted by molar-refractivity contribution is 6.06. The molecular weight excluding hydrogens is 342 g/mol. The van der Waals surface area contributed by atoms with Crippen molar-refractivity contribution in [3.63, 3.8) is 0 Å². The van der Waals surface area contributed by atoms with Gasteiger partial charge in [-0.05, 0) is 56.3 Å². The molecule has 1 amide bonds. The molecule has 2 N–H and O–H groups in total.